The van der Waals surface area contributed by atoms with Gasteiger partial charge in [0.1, 0.15) is 0 Å². The molecule has 0 unspecified atom stereocenters. The predicted molar refractivity (Wildman–Crippen MR) is 91.2 cm³/mol. The van der Waals surface area contributed by atoms with E-state index in [4.69, 9.17) is 0 Å². The molecule has 0 fully saturated rings. The summed E-state index contributed by atoms with van der Waals surface area (Å²) in [6.07, 6.45) is 0.190. The third-order valence-electron chi connectivity index (χ3n) is 5.22. The van der Waals surface area contributed by atoms with Gasteiger partial charge in [0.05, 0.1) is 17.2 Å². The van der Waals surface area contributed by atoms with E-state index in [1.54, 1.807) is 24.3 Å². The Labute approximate surface area is 148 Å². The van der Waals surface area contributed by atoms with Crippen LogP contribution in [0.15, 0.2) is 54.6 Å². The zero-order valence-electron chi connectivity index (χ0n) is 13.6. The molecule has 134 valence electrons. The molecular weight excluding hydrogens is 343 g/mol. The zero-order chi connectivity index (χ0) is 18.5. The third kappa shape index (κ3) is 2.66. The first-order valence-electron chi connectivity index (χ1n) is 8.33. The fourth-order valence-corrected chi connectivity index (χ4v) is 4.04. The highest BCUT2D eigenvalue weighted by Gasteiger charge is 2.40. The van der Waals surface area contributed by atoms with E-state index in [-0.39, 0.29) is 23.4 Å². The van der Waals surface area contributed by atoms with E-state index in [1.165, 1.54) is 12.1 Å². The van der Waals surface area contributed by atoms with Crippen LogP contribution in [0.2, 0.25) is 0 Å². The fraction of sp³-hybridized carbons (Fsp3) is 0.250. The van der Waals surface area contributed by atoms with E-state index < -0.39 is 17.7 Å². The number of aromatic carboxylic acids is 1. The number of carbonyl (C=O) groups is 1. The van der Waals surface area contributed by atoms with Crippen molar-refractivity contribution < 1.29 is 23.1 Å². The smallest absolute Gasteiger partial charge is 0.416 e. The molecule has 26 heavy (non-hydrogen) atoms. The van der Waals surface area contributed by atoms with Crippen LogP contribution >= 0.6 is 0 Å². The number of hydrogen-bond donors (Lipinski definition) is 2. The van der Waals surface area contributed by atoms with Crippen LogP contribution in [0.1, 0.15) is 45.4 Å². The van der Waals surface area contributed by atoms with Crippen molar-refractivity contribution in [1.29, 1.82) is 0 Å². The van der Waals surface area contributed by atoms with Gasteiger partial charge < -0.3 is 10.4 Å². The number of halogens is 3. The average molecular weight is 359 g/mol. The van der Waals surface area contributed by atoms with Gasteiger partial charge in [-0.15, -0.1) is 0 Å². The van der Waals surface area contributed by atoms with Crippen LogP contribution in [0.3, 0.4) is 0 Å². The van der Waals surface area contributed by atoms with E-state index in [0.29, 0.717) is 23.2 Å². The molecule has 1 heterocycles. The SMILES string of the molecule is O=C(O)c1ccccc1[C@@H]1Nc2ccc(C(F)(F)F)cc2[C@H]2C=CC[C@@H]21. The van der Waals surface area contributed by atoms with Gasteiger partial charge >= 0.3 is 12.1 Å². The van der Waals surface area contributed by atoms with Crippen LogP contribution in [-0.2, 0) is 6.18 Å². The molecule has 1 aliphatic heterocycles. The van der Waals surface area contributed by atoms with Crippen molar-refractivity contribution >= 4 is 11.7 Å². The summed E-state index contributed by atoms with van der Waals surface area (Å²) in [6.45, 7) is 0. The van der Waals surface area contributed by atoms with Crippen LogP contribution in [0.25, 0.3) is 0 Å². The van der Waals surface area contributed by atoms with Gasteiger partial charge in [-0.05, 0) is 47.7 Å². The maximum atomic E-state index is 13.1. The number of carboxylic acid groups (broad SMARTS) is 1. The normalized spacial score (nSPS) is 23.9. The molecule has 1 aliphatic carbocycles. The lowest BCUT2D eigenvalue weighted by Gasteiger charge is -2.38. The molecule has 4 rings (SSSR count). The number of anilines is 1. The van der Waals surface area contributed by atoms with Gasteiger partial charge in [0.15, 0.2) is 0 Å². The van der Waals surface area contributed by atoms with Crippen LogP contribution in [-0.4, -0.2) is 11.1 Å². The lowest BCUT2D eigenvalue weighted by molar-refractivity contribution is -0.137. The molecule has 0 radical (unpaired) electrons. The Hall–Kier alpha value is -2.76. The topological polar surface area (TPSA) is 49.3 Å². The lowest BCUT2D eigenvalue weighted by Crippen LogP contribution is -2.30. The number of fused-ring (bicyclic) bond motifs is 3. The van der Waals surface area contributed by atoms with E-state index in [0.717, 1.165) is 6.07 Å². The molecule has 0 saturated heterocycles. The Morgan fingerprint density at radius 3 is 2.62 bits per heavy atom. The third-order valence-corrected chi connectivity index (χ3v) is 5.22. The van der Waals surface area contributed by atoms with E-state index >= 15 is 0 Å². The van der Waals surface area contributed by atoms with Gasteiger partial charge in [0.2, 0.25) is 0 Å². The van der Waals surface area contributed by atoms with Crippen LogP contribution < -0.4 is 5.32 Å². The maximum absolute atomic E-state index is 13.1. The first-order chi connectivity index (χ1) is 12.4. The van der Waals surface area contributed by atoms with Crippen LogP contribution in [0.5, 0.6) is 0 Å². The van der Waals surface area contributed by atoms with Crippen molar-refractivity contribution in [3.8, 4) is 0 Å². The summed E-state index contributed by atoms with van der Waals surface area (Å²) in [5.74, 6) is -1.20. The summed E-state index contributed by atoms with van der Waals surface area (Å²) < 4.78 is 39.2. The monoisotopic (exact) mass is 359 g/mol. The standard InChI is InChI=1S/C20H16F3NO2/c21-20(22,23)11-8-9-17-16(10-11)12-6-3-7-13(12)18(24-17)14-4-1-2-5-15(14)19(25)26/h1-6,8-10,12-13,18,24H,7H2,(H,25,26)/t12-,13-,18+/m0/s1. The number of alkyl halides is 3. The zero-order valence-corrected chi connectivity index (χ0v) is 13.6. The van der Waals surface area contributed by atoms with Gasteiger partial charge in [0.25, 0.3) is 0 Å². The van der Waals surface area contributed by atoms with Gasteiger partial charge in [-0.2, -0.15) is 13.2 Å². The summed E-state index contributed by atoms with van der Waals surface area (Å²) in [5.41, 5.74) is 1.44. The molecule has 0 aromatic heterocycles. The molecule has 0 spiro atoms. The fourth-order valence-electron chi connectivity index (χ4n) is 4.04. The molecule has 2 N–H and O–H groups in total. The largest absolute Gasteiger partial charge is 0.478 e. The molecule has 0 saturated carbocycles. The van der Waals surface area contributed by atoms with Crippen molar-refractivity contribution in [2.75, 3.05) is 5.32 Å². The number of rotatable bonds is 2. The van der Waals surface area contributed by atoms with Crippen molar-refractivity contribution in [1.82, 2.24) is 0 Å². The first-order valence-corrected chi connectivity index (χ1v) is 8.33. The maximum Gasteiger partial charge on any atom is 0.416 e. The van der Waals surface area contributed by atoms with Crippen molar-refractivity contribution in [3.05, 3.63) is 76.9 Å². The molecule has 0 amide bonds. The Balaban J connectivity index is 1.80. The lowest BCUT2D eigenvalue weighted by atomic mass is 9.76. The van der Waals surface area contributed by atoms with Crippen LogP contribution in [0.4, 0.5) is 18.9 Å². The number of allylic oxidation sites excluding steroid dienone is 2. The minimum absolute atomic E-state index is 0.0218. The second-order valence-electron chi connectivity index (χ2n) is 6.67. The number of hydrogen-bond acceptors (Lipinski definition) is 2. The van der Waals surface area contributed by atoms with Crippen molar-refractivity contribution in [2.24, 2.45) is 5.92 Å². The summed E-state index contributed by atoms with van der Waals surface area (Å²) in [7, 11) is 0. The summed E-state index contributed by atoms with van der Waals surface area (Å²) >= 11 is 0. The molecule has 3 atom stereocenters. The van der Waals surface area contributed by atoms with E-state index in [9.17, 15) is 23.1 Å². The molecule has 3 nitrogen and oxygen atoms in total. The van der Waals surface area contributed by atoms with Crippen molar-refractivity contribution in [3.63, 3.8) is 0 Å². The van der Waals surface area contributed by atoms with E-state index in [1.807, 2.05) is 12.2 Å². The first kappa shape index (κ1) is 16.7. The number of carboxylic acids is 1. The highest BCUT2D eigenvalue weighted by Crippen LogP contribution is 2.51. The molecule has 2 aliphatic rings. The van der Waals surface area contributed by atoms with Crippen LogP contribution in [0, 0.1) is 5.92 Å². The van der Waals surface area contributed by atoms with Gasteiger partial charge in [0, 0.05) is 11.6 Å². The number of benzene rings is 2. The molecule has 6 heteroatoms. The molecule has 2 aromatic rings. The van der Waals surface area contributed by atoms with Gasteiger partial charge in [-0.1, -0.05) is 30.4 Å². The summed E-state index contributed by atoms with van der Waals surface area (Å²) in [6, 6.07) is 10.2. The highest BCUT2D eigenvalue weighted by molar-refractivity contribution is 5.89. The second kappa shape index (κ2) is 5.90. The average Bonchev–Trinajstić information content (AvgIpc) is 3.09. The quantitative estimate of drug-likeness (QED) is 0.722. The minimum Gasteiger partial charge on any atom is -0.478 e. The molecular formula is C20H16F3NO2. The Kier molecular flexibility index (Phi) is 3.79. The predicted octanol–water partition coefficient (Wildman–Crippen LogP) is 5.23. The van der Waals surface area contributed by atoms with E-state index in [2.05, 4.69) is 5.32 Å². The number of nitrogens with one attached hydrogen (secondary N) is 1. The van der Waals surface area contributed by atoms with Gasteiger partial charge in [-0.3, -0.25) is 0 Å². The van der Waals surface area contributed by atoms with Crippen molar-refractivity contribution in [2.45, 2.75) is 24.6 Å². The molecule has 2 aromatic carbocycles. The van der Waals surface area contributed by atoms with Gasteiger partial charge in [-0.25, -0.2) is 4.79 Å². The summed E-state index contributed by atoms with van der Waals surface area (Å²) in [5, 5.41) is 12.8. The Bertz CT molecular complexity index is 904. The second-order valence-corrected chi connectivity index (χ2v) is 6.67. The Morgan fingerprint density at radius 1 is 1.12 bits per heavy atom. The summed E-state index contributed by atoms with van der Waals surface area (Å²) in [4.78, 5) is 11.6. The minimum atomic E-state index is -4.39. The Morgan fingerprint density at radius 2 is 1.88 bits per heavy atom. The molecule has 0 bridgehead atoms. The highest BCUT2D eigenvalue weighted by atomic mass is 19.4.